The molecule has 0 atom stereocenters. The first kappa shape index (κ1) is 18.2. The summed E-state index contributed by atoms with van der Waals surface area (Å²) in [5.74, 6) is 0.650. The number of halogens is 4. The van der Waals surface area contributed by atoms with E-state index in [1.54, 1.807) is 12.1 Å². The molecule has 0 saturated carbocycles. The lowest BCUT2D eigenvalue weighted by molar-refractivity contribution is -0.141. The third kappa shape index (κ3) is 3.39. The van der Waals surface area contributed by atoms with Crippen LogP contribution in [-0.2, 0) is 19.1 Å². The lowest BCUT2D eigenvalue weighted by Gasteiger charge is -2.03. The Balaban J connectivity index is 1.78. The van der Waals surface area contributed by atoms with Crippen LogP contribution in [0.4, 0.5) is 18.9 Å². The molecule has 10 heteroatoms. The summed E-state index contributed by atoms with van der Waals surface area (Å²) < 4.78 is 44.9. The molecule has 2 heterocycles. The summed E-state index contributed by atoms with van der Waals surface area (Å²) in [7, 11) is 0. The summed E-state index contributed by atoms with van der Waals surface area (Å²) in [6, 6.07) is 5.36. The summed E-state index contributed by atoms with van der Waals surface area (Å²) in [4.78, 5) is 4.28. The van der Waals surface area contributed by atoms with Crippen LogP contribution in [0.5, 0.6) is 0 Å². The van der Waals surface area contributed by atoms with Gasteiger partial charge in [-0.2, -0.15) is 23.3 Å². The predicted molar refractivity (Wildman–Crippen MR) is 89.6 cm³/mol. The molecular weight excluding hydrogens is 371 g/mol. The van der Waals surface area contributed by atoms with E-state index in [-0.39, 0.29) is 24.6 Å². The van der Waals surface area contributed by atoms with Crippen molar-refractivity contribution in [3.8, 4) is 11.4 Å². The van der Waals surface area contributed by atoms with Crippen LogP contribution in [0.25, 0.3) is 11.4 Å². The zero-order valence-electron chi connectivity index (χ0n) is 13.9. The number of rotatable bonds is 4. The van der Waals surface area contributed by atoms with Crippen LogP contribution in [0.15, 0.2) is 22.7 Å². The molecule has 0 aliphatic carbocycles. The lowest BCUT2D eigenvalue weighted by Crippen LogP contribution is -2.10. The Bertz CT molecular complexity index is 948. The van der Waals surface area contributed by atoms with Gasteiger partial charge in [-0.25, -0.2) is 0 Å². The maximum atomic E-state index is 12.9. The summed E-state index contributed by atoms with van der Waals surface area (Å²) in [6.07, 6.45) is -4.39. The van der Waals surface area contributed by atoms with Crippen molar-refractivity contribution in [2.75, 3.05) is 5.73 Å². The molecule has 0 amide bonds. The molecule has 0 spiro atoms. The molecule has 0 fully saturated rings. The zero-order chi connectivity index (χ0) is 19.1. The van der Waals surface area contributed by atoms with Crippen molar-refractivity contribution in [1.82, 2.24) is 19.9 Å². The number of nitrogens with zero attached hydrogens (tertiary/aromatic N) is 4. The molecule has 2 N–H and O–H groups in total. The molecule has 2 aromatic heterocycles. The molecule has 1 aromatic carbocycles. The number of benzene rings is 1. The summed E-state index contributed by atoms with van der Waals surface area (Å²) in [5, 5.41) is 7.04. The Hall–Kier alpha value is -2.55. The van der Waals surface area contributed by atoms with Crippen molar-refractivity contribution < 1.29 is 17.7 Å². The Morgan fingerprint density at radius 3 is 2.65 bits per heavy atom. The minimum Gasteiger partial charge on any atom is -0.398 e. The van der Waals surface area contributed by atoms with Crippen LogP contribution in [0.1, 0.15) is 22.8 Å². The monoisotopic (exact) mass is 385 g/mol. The topological polar surface area (TPSA) is 82.8 Å². The highest BCUT2D eigenvalue weighted by Gasteiger charge is 2.38. The molecule has 3 rings (SSSR count). The largest absolute Gasteiger partial charge is 0.436 e. The Labute approximate surface area is 151 Å². The molecular formula is C16H15ClF3N5O. The van der Waals surface area contributed by atoms with E-state index in [1.807, 2.05) is 13.0 Å². The first-order valence-electron chi connectivity index (χ1n) is 7.66. The Morgan fingerprint density at radius 1 is 1.27 bits per heavy atom. The first-order valence-corrected chi connectivity index (χ1v) is 8.04. The summed E-state index contributed by atoms with van der Waals surface area (Å²) in [6.45, 7) is 3.44. The fraction of sp³-hybridized carbons (Fsp3) is 0.312. The van der Waals surface area contributed by atoms with E-state index in [9.17, 15) is 13.2 Å². The van der Waals surface area contributed by atoms with Gasteiger partial charge in [0.1, 0.15) is 0 Å². The van der Waals surface area contributed by atoms with Crippen LogP contribution in [0.3, 0.4) is 0 Å². The van der Waals surface area contributed by atoms with Gasteiger partial charge in [0, 0.05) is 17.7 Å². The second-order valence-electron chi connectivity index (χ2n) is 5.75. The molecule has 0 aliphatic rings. The van der Waals surface area contributed by atoms with E-state index in [2.05, 4.69) is 15.2 Å². The van der Waals surface area contributed by atoms with Crippen molar-refractivity contribution in [2.45, 2.75) is 33.0 Å². The Morgan fingerprint density at radius 2 is 2.00 bits per heavy atom. The second-order valence-corrected chi connectivity index (χ2v) is 6.13. The van der Waals surface area contributed by atoms with Crippen LogP contribution >= 0.6 is 11.6 Å². The van der Waals surface area contributed by atoms with Gasteiger partial charge >= 0.3 is 6.18 Å². The number of nitrogen functional groups attached to an aromatic ring is 1. The van der Waals surface area contributed by atoms with E-state index in [4.69, 9.17) is 21.9 Å². The molecule has 0 bridgehead atoms. The number of nitrogens with two attached hydrogens (primary N) is 1. The van der Waals surface area contributed by atoms with E-state index >= 15 is 0 Å². The van der Waals surface area contributed by atoms with E-state index in [1.165, 1.54) is 11.6 Å². The zero-order valence-corrected chi connectivity index (χ0v) is 14.7. The van der Waals surface area contributed by atoms with Crippen LogP contribution in [0.2, 0.25) is 5.02 Å². The highest BCUT2D eigenvalue weighted by molar-refractivity contribution is 6.31. The quantitative estimate of drug-likeness (QED) is 0.685. The lowest BCUT2D eigenvalue weighted by atomic mass is 10.1. The average Bonchev–Trinajstić information content (AvgIpc) is 3.14. The SMILES string of the molecule is Cc1c(N)cccc1-c1noc(CCn2nc(C(F)(F)F)c(Cl)c2C)n1. The second kappa shape index (κ2) is 6.64. The van der Waals surface area contributed by atoms with Crippen LogP contribution in [-0.4, -0.2) is 19.9 Å². The van der Waals surface area contributed by atoms with Crippen molar-refractivity contribution >= 4 is 17.3 Å². The maximum absolute atomic E-state index is 12.9. The van der Waals surface area contributed by atoms with Gasteiger partial charge in [-0.15, -0.1) is 0 Å². The summed E-state index contributed by atoms with van der Waals surface area (Å²) >= 11 is 5.73. The smallest absolute Gasteiger partial charge is 0.398 e. The van der Waals surface area contributed by atoms with Gasteiger partial charge < -0.3 is 10.3 Å². The highest BCUT2D eigenvalue weighted by atomic mass is 35.5. The number of alkyl halides is 3. The fourth-order valence-electron chi connectivity index (χ4n) is 2.49. The number of hydrogen-bond donors (Lipinski definition) is 1. The van der Waals surface area contributed by atoms with E-state index in [0.29, 0.717) is 11.5 Å². The molecule has 0 aliphatic heterocycles. The maximum Gasteiger partial charge on any atom is 0.436 e. The van der Waals surface area contributed by atoms with Crippen LogP contribution < -0.4 is 5.73 Å². The number of hydrogen-bond acceptors (Lipinski definition) is 5. The van der Waals surface area contributed by atoms with Crippen molar-refractivity contribution in [2.24, 2.45) is 0 Å². The molecule has 0 radical (unpaired) electrons. The standard InChI is InChI=1S/C16H15ClF3N5O/c1-8-10(4-3-5-11(8)21)15-22-12(26-24-15)6-7-25-9(2)13(17)14(23-25)16(18,19)20/h3-5H,6-7,21H2,1-2H3. The molecule has 3 aromatic rings. The minimum absolute atomic E-state index is 0.124. The molecule has 26 heavy (non-hydrogen) atoms. The summed E-state index contributed by atoms with van der Waals surface area (Å²) in [5.41, 5.74) is 7.16. The van der Waals surface area contributed by atoms with Crippen LogP contribution in [0, 0.1) is 13.8 Å². The molecule has 0 saturated heterocycles. The van der Waals surface area contributed by atoms with Gasteiger partial charge in [-0.05, 0) is 25.5 Å². The van der Waals surface area contributed by atoms with Gasteiger partial charge in [-0.3, -0.25) is 4.68 Å². The molecule has 6 nitrogen and oxygen atoms in total. The Kier molecular flexibility index (Phi) is 4.66. The third-order valence-corrected chi connectivity index (χ3v) is 4.48. The first-order chi connectivity index (χ1) is 12.2. The number of aryl methyl sites for hydroxylation is 2. The molecule has 0 unspecified atom stereocenters. The predicted octanol–water partition coefficient (Wildman–Crippen LogP) is 4.05. The van der Waals surface area contributed by atoms with Gasteiger partial charge in [-0.1, -0.05) is 28.9 Å². The van der Waals surface area contributed by atoms with Gasteiger partial charge in [0.15, 0.2) is 5.69 Å². The van der Waals surface area contributed by atoms with Gasteiger partial charge in [0.05, 0.1) is 17.3 Å². The number of aromatic nitrogens is 4. The molecule has 138 valence electrons. The highest BCUT2D eigenvalue weighted by Crippen LogP contribution is 2.35. The normalized spacial score (nSPS) is 11.9. The average molecular weight is 386 g/mol. The van der Waals surface area contributed by atoms with E-state index in [0.717, 1.165) is 11.1 Å². The van der Waals surface area contributed by atoms with Crippen molar-refractivity contribution in [1.29, 1.82) is 0 Å². The third-order valence-electron chi connectivity index (χ3n) is 4.02. The minimum atomic E-state index is -4.60. The van der Waals surface area contributed by atoms with Crippen molar-refractivity contribution in [3.63, 3.8) is 0 Å². The fourth-order valence-corrected chi connectivity index (χ4v) is 2.73. The number of anilines is 1. The van der Waals surface area contributed by atoms with Crippen molar-refractivity contribution in [3.05, 3.63) is 46.1 Å². The van der Waals surface area contributed by atoms with Gasteiger partial charge in [0.2, 0.25) is 11.7 Å². The van der Waals surface area contributed by atoms with Gasteiger partial charge in [0.25, 0.3) is 0 Å². The van der Waals surface area contributed by atoms with E-state index < -0.39 is 16.9 Å².